The number of benzene rings is 3. The molecule has 1 N–H and O–H groups in total. The Hall–Kier alpha value is -2.82. The molecule has 0 amide bonds. The van der Waals surface area contributed by atoms with Crippen molar-refractivity contribution in [2.45, 2.75) is 6.54 Å². The van der Waals surface area contributed by atoms with Crippen molar-refractivity contribution in [2.24, 2.45) is 5.10 Å². The second kappa shape index (κ2) is 9.59. The number of rotatable bonds is 6. The molecule has 0 atom stereocenters. The second-order valence-corrected chi connectivity index (χ2v) is 7.68. The number of quaternary nitrogens is 1. The highest BCUT2D eigenvalue weighted by Crippen LogP contribution is 2.21. The minimum atomic E-state index is 0.793. The van der Waals surface area contributed by atoms with Gasteiger partial charge in [-0.15, -0.1) is 0 Å². The summed E-state index contributed by atoms with van der Waals surface area (Å²) in [5.74, 6) is 1.65. The van der Waals surface area contributed by atoms with Crippen LogP contribution in [0.5, 0.6) is 11.5 Å². The van der Waals surface area contributed by atoms with Crippen molar-refractivity contribution in [3.63, 3.8) is 0 Å². The van der Waals surface area contributed by atoms with Gasteiger partial charge in [0.1, 0.15) is 18.0 Å². The van der Waals surface area contributed by atoms with E-state index in [0.29, 0.717) is 0 Å². The normalized spacial score (nSPS) is 15.0. The summed E-state index contributed by atoms with van der Waals surface area (Å²) in [6.45, 7) is 5.11. The van der Waals surface area contributed by atoms with Gasteiger partial charge in [-0.25, -0.2) is 0 Å². The van der Waals surface area contributed by atoms with Crippen molar-refractivity contribution in [2.75, 3.05) is 26.2 Å². The molecule has 0 radical (unpaired) electrons. The van der Waals surface area contributed by atoms with Crippen LogP contribution in [0.3, 0.4) is 0 Å². The highest BCUT2D eigenvalue weighted by Gasteiger charge is 2.18. The summed E-state index contributed by atoms with van der Waals surface area (Å²) >= 11 is 5.97. The zero-order valence-corrected chi connectivity index (χ0v) is 17.1. The van der Waals surface area contributed by atoms with Gasteiger partial charge in [-0.1, -0.05) is 54.1 Å². The Labute approximate surface area is 177 Å². The summed E-state index contributed by atoms with van der Waals surface area (Å²) in [6, 6.07) is 26.0. The fraction of sp³-hybridized carbons (Fsp3) is 0.208. The summed E-state index contributed by atoms with van der Waals surface area (Å²) in [7, 11) is 0. The second-order valence-electron chi connectivity index (χ2n) is 7.24. The lowest BCUT2D eigenvalue weighted by molar-refractivity contribution is -0.918. The maximum atomic E-state index is 5.97. The molecule has 29 heavy (non-hydrogen) atoms. The number of para-hydroxylation sites is 1. The molecule has 0 aromatic heterocycles. The van der Waals surface area contributed by atoms with Crippen molar-refractivity contribution in [1.82, 2.24) is 5.01 Å². The van der Waals surface area contributed by atoms with E-state index < -0.39 is 0 Å². The van der Waals surface area contributed by atoms with E-state index in [9.17, 15) is 0 Å². The molecular formula is C24H25ClN3O+. The molecule has 1 saturated heterocycles. The van der Waals surface area contributed by atoms with Gasteiger partial charge in [-0.3, -0.25) is 5.01 Å². The van der Waals surface area contributed by atoms with E-state index >= 15 is 0 Å². The number of hydrogen-bond acceptors (Lipinski definition) is 3. The van der Waals surface area contributed by atoms with E-state index in [2.05, 4.69) is 22.2 Å². The number of hydrazone groups is 1. The topological polar surface area (TPSA) is 29.3 Å². The van der Waals surface area contributed by atoms with Gasteiger partial charge >= 0.3 is 0 Å². The van der Waals surface area contributed by atoms with E-state index in [1.807, 2.05) is 72.9 Å². The zero-order chi connectivity index (χ0) is 19.9. The molecule has 5 heteroatoms. The van der Waals surface area contributed by atoms with Gasteiger partial charge in [0.15, 0.2) is 0 Å². The molecule has 4 nitrogen and oxygen atoms in total. The minimum Gasteiger partial charge on any atom is -0.457 e. The molecule has 1 heterocycles. The van der Waals surface area contributed by atoms with Gasteiger partial charge in [-0.2, -0.15) is 5.10 Å². The third-order valence-corrected chi connectivity index (χ3v) is 5.27. The predicted octanol–water partition coefficient (Wildman–Crippen LogP) is 3.87. The van der Waals surface area contributed by atoms with E-state index in [1.165, 1.54) is 5.56 Å². The number of nitrogens with zero attached hydrogens (tertiary/aromatic N) is 2. The van der Waals surface area contributed by atoms with E-state index in [4.69, 9.17) is 16.3 Å². The fourth-order valence-electron chi connectivity index (χ4n) is 3.43. The lowest BCUT2D eigenvalue weighted by Crippen LogP contribution is -3.13. The third kappa shape index (κ3) is 5.83. The molecule has 0 spiro atoms. The SMILES string of the molecule is Clc1ccc(C[NH+]2CCN(/N=C\c3cccc(Oc4ccccc4)c3)CC2)cc1. The molecule has 3 aromatic carbocycles. The van der Waals surface area contributed by atoms with Gasteiger partial charge in [0.2, 0.25) is 0 Å². The lowest BCUT2D eigenvalue weighted by atomic mass is 10.2. The molecule has 1 aliphatic heterocycles. The third-order valence-electron chi connectivity index (χ3n) is 5.02. The van der Waals surface area contributed by atoms with Crippen molar-refractivity contribution in [3.05, 3.63) is 95.0 Å². The monoisotopic (exact) mass is 406 g/mol. The number of piperazine rings is 1. The maximum Gasteiger partial charge on any atom is 0.128 e. The molecule has 148 valence electrons. The van der Waals surface area contributed by atoms with Crippen LogP contribution in [0.4, 0.5) is 0 Å². The summed E-state index contributed by atoms with van der Waals surface area (Å²) in [5, 5.41) is 7.62. The highest BCUT2D eigenvalue weighted by molar-refractivity contribution is 6.30. The predicted molar refractivity (Wildman–Crippen MR) is 118 cm³/mol. The first kappa shape index (κ1) is 19.5. The minimum absolute atomic E-state index is 0.793. The Morgan fingerprint density at radius 2 is 1.62 bits per heavy atom. The van der Waals surface area contributed by atoms with Gasteiger partial charge < -0.3 is 9.64 Å². The van der Waals surface area contributed by atoms with Crippen LogP contribution < -0.4 is 9.64 Å². The lowest BCUT2D eigenvalue weighted by Gasteiger charge is -2.30. The number of ether oxygens (including phenoxy) is 1. The summed E-state index contributed by atoms with van der Waals surface area (Å²) < 4.78 is 5.90. The van der Waals surface area contributed by atoms with Crippen LogP contribution in [0.15, 0.2) is 84.0 Å². The molecule has 0 unspecified atom stereocenters. The summed E-state index contributed by atoms with van der Waals surface area (Å²) in [6.07, 6.45) is 1.92. The smallest absolute Gasteiger partial charge is 0.128 e. The van der Waals surface area contributed by atoms with Gasteiger partial charge in [-0.05, 0) is 42.0 Å². The van der Waals surface area contributed by atoms with Crippen LogP contribution in [0.25, 0.3) is 0 Å². The van der Waals surface area contributed by atoms with Crippen molar-refractivity contribution in [1.29, 1.82) is 0 Å². The highest BCUT2D eigenvalue weighted by atomic mass is 35.5. The van der Waals surface area contributed by atoms with Gasteiger partial charge in [0.25, 0.3) is 0 Å². The van der Waals surface area contributed by atoms with Crippen molar-refractivity contribution >= 4 is 17.8 Å². The van der Waals surface area contributed by atoms with E-state index in [0.717, 1.165) is 54.8 Å². The molecule has 0 aliphatic carbocycles. The van der Waals surface area contributed by atoms with Crippen LogP contribution >= 0.6 is 11.6 Å². The number of nitrogens with one attached hydrogen (secondary N) is 1. The Balaban J connectivity index is 1.29. The zero-order valence-electron chi connectivity index (χ0n) is 16.3. The molecule has 1 fully saturated rings. The Kier molecular flexibility index (Phi) is 6.45. The van der Waals surface area contributed by atoms with E-state index in [1.54, 1.807) is 4.90 Å². The first-order valence-corrected chi connectivity index (χ1v) is 10.3. The van der Waals surface area contributed by atoms with Gasteiger partial charge in [0, 0.05) is 10.6 Å². The average molecular weight is 407 g/mol. The van der Waals surface area contributed by atoms with Crippen LogP contribution in [-0.4, -0.2) is 37.4 Å². The standard InChI is InChI=1S/C24H24ClN3O/c25-22-11-9-20(10-12-22)19-27-13-15-28(16-14-27)26-18-21-5-4-8-24(17-21)29-23-6-2-1-3-7-23/h1-12,17-18H,13-16,19H2/p+1/b26-18-. The Bertz CT molecular complexity index is 936. The quantitative estimate of drug-likeness (QED) is 0.630. The molecule has 1 aliphatic rings. The molecule has 3 aromatic rings. The first-order chi connectivity index (χ1) is 14.2. The summed E-state index contributed by atoms with van der Waals surface area (Å²) in [4.78, 5) is 1.58. The molecule has 0 bridgehead atoms. The summed E-state index contributed by atoms with van der Waals surface area (Å²) in [5.41, 5.74) is 2.37. The Morgan fingerprint density at radius 1 is 0.897 bits per heavy atom. The van der Waals surface area contributed by atoms with Crippen LogP contribution in [0, 0.1) is 0 Å². The largest absolute Gasteiger partial charge is 0.457 e. The first-order valence-electron chi connectivity index (χ1n) is 9.94. The van der Waals surface area contributed by atoms with Crippen LogP contribution in [0.2, 0.25) is 5.02 Å². The molecular weight excluding hydrogens is 382 g/mol. The Morgan fingerprint density at radius 3 is 2.38 bits per heavy atom. The van der Waals surface area contributed by atoms with E-state index in [-0.39, 0.29) is 0 Å². The van der Waals surface area contributed by atoms with Crippen LogP contribution in [0.1, 0.15) is 11.1 Å². The fourth-order valence-corrected chi connectivity index (χ4v) is 3.55. The average Bonchev–Trinajstić information content (AvgIpc) is 2.76. The number of halogens is 1. The van der Waals surface area contributed by atoms with Gasteiger partial charge in [0.05, 0.1) is 32.4 Å². The molecule has 4 rings (SSSR count). The van der Waals surface area contributed by atoms with Crippen molar-refractivity contribution in [3.8, 4) is 11.5 Å². The molecule has 0 saturated carbocycles. The van der Waals surface area contributed by atoms with Crippen LogP contribution in [-0.2, 0) is 6.54 Å². The van der Waals surface area contributed by atoms with Crippen molar-refractivity contribution < 1.29 is 9.64 Å². The maximum absolute atomic E-state index is 5.97. The number of hydrogen-bond donors (Lipinski definition) is 1.